The third-order valence-corrected chi connectivity index (χ3v) is 5.58. The second-order valence-corrected chi connectivity index (χ2v) is 7.67. The van der Waals surface area contributed by atoms with Gasteiger partial charge in [0.05, 0.1) is 24.6 Å². The van der Waals surface area contributed by atoms with Crippen LogP contribution in [0.2, 0.25) is 0 Å². The zero-order valence-corrected chi connectivity index (χ0v) is 16.2. The molecule has 0 aliphatic carbocycles. The smallest absolute Gasteiger partial charge is 0.142 e. The van der Waals surface area contributed by atoms with Crippen LogP contribution in [0, 0.1) is 6.92 Å². The maximum Gasteiger partial charge on any atom is 0.142 e. The predicted octanol–water partition coefficient (Wildman–Crippen LogP) is 3.89. The first-order valence-corrected chi connectivity index (χ1v) is 10.0. The van der Waals surface area contributed by atoms with Crippen LogP contribution in [-0.2, 0) is 4.74 Å². The zero-order valence-electron chi connectivity index (χ0n) is 15.4. The quantitative estimate of drug-likeness (QED) is 0.648. The van der Waals surface area contributed by atoms with Crippen LogP contribution >= 0.6 is 11.3 Å². The first-order chi connectivity index (χ1) is 13.3. The molecule has 1 fully saturated rings. The molecule has 0 saturated carbocycles. The number of nitrogens with zero attached hydrogens (tertiary/aromatic N) is 3. The molecule has 0 radical (unpaired) electrons. The Morgan fingerprint density at radius 1 is 1.11 bits per heavy atom. The summed E-state index contributed by atoms with van der Waals surface area (Å²) in [4.78, 5) is 12.8. The van der Waals surface area contributed by atoms with Gasteiger partial charge in [-0.15, -0.1) is 11.3 Å². The second-order valence-electron chi connectivity index (χ2n) is 6.47. The Bertz CT molecular complexity index is 859. The van der Waals surface area contributed by atoms with E-state index in [0.29, 0.717) is 6.61 Å². The van der Waals surface area contributed by atoms with Crippen molar-refractivity contribution in [2.45, 2.75) is 6.92 Å². The van der Waals surface area contributed by atoms with E-state index in [9.17, 15) is 0 Å². The minimum Gasteiger partial charge on any atom is -0.492 e. The van der Waals surface area contributed by atoms with Crippen molar-refractivity contribution >= 4 is 11.3 Å². The number of aryl methyl sites for hydroxylation is 1. The highest BCUT2D eigenvalue weighted by Crippen LogP contribution is 2.33. The molecule has 140 valence electrons. The molecule has 0 spiro atoms. The molecule has 1 aliphatic heterocycles. The topological polar surface area (TPSA) is 47.5 Å². The van der Waals surface area contributed by atoms with Crippen molar-refractivity contribution in [3.05, 3.63) is 53.5 Å². The lowest BCUT2D eigenvalue weighted by molar-refractivity contribution is 0.0322. The highest BCUT2D eigenvalue weighted by molar-refractivity contribution is 7.15. The molecule has 0 unspecified atom stereocenters. The van der Waals surface area contributed by atoms with Gasteiger partial charge in [-0.2, -0.15) is 0 Å². The summed E-state index contributed by atoms with van der Waals surface area (Å²) < 4.78 is 11.3. The molecule has 5 nitrogen and oxygen atoms in total. The first-order valence-electron chi connectivity index (χ1n) is 9.22. The van der Waals surface area contributed by atoms with Gasteiger partial charge in [-0.25, -0.2) is 4.98 Å². The number of hydrogen-bond acceptors (Lipinski definition) is 6. The number of benzene rings is 1. The standard InChI is InChI=1S/C21H23N3O2S/c1-16-20(23-21(27-16)19-4-2-3-9-22-19)17-5-7-18(8-6-17)26-15-12-24-10-13-25-14-11-24/h2-9H,10-15H2,1H3. The molecule has 4 rings (SSSR count). The number of thiazole rings is 1. The van der Waals surface area contributed by atoms with Gasteiger partial charge in [0, 0.05) is 36.3 Å². The minimum atomic E-state index is 0.693. The van der Waals surface area contributed by atoms with E-state index in [1.54, 1.807) is 17.5 Å². The summed E-state index contributed by atoms with van der Waals surface area (Å²) in [6, 6.07) is 14.1. The molecule has 1 saturated heterocycles. The Labute approximate surface area is 163 Å². The number of ether oxygens (including phenoxy) is 2. The Morgan fingerprint density at radius 2 is 1.93 bits per heavy atom. The van der Waals surface area contributed by atoms with Gasteiger partial charge in [-0.05, 0) is 43.3 Å². The zero-order chi connectivity index (χ0) is 18.5. The molecule has 1 aromatic carbocycles. The Kier molecular flexibility index (Phi) is 5.77. The van der Waals surface area contributed by atoms with E-state index in [0.717, 1.165) is 60.6 Å². The van der Waals surface area contributed by atoms with Gasteiger partial charge < -0.3 is 9.47 Å². The van der Waals surface area contributed by atoms with Crippen molar-refractivity contribution in [2.24, 2.45) is 0 Å². The molecule has 1 aliphatic rings. The number of rotatable bonds is 6. The fraction of sp³-hybridized carbons (Fsp3) is 0.333. The van der Waals surface area contributed by atoms with E-state index in [2.05, 4.69) is 28.9 Å². The maximum atomic E-state index is 5.89. The van der Waals surface area contributed by atoms with Crippen molar-refractivity contribution in [1.29, 1.82) is 0 Å². The average molecular weight is 382 g/mol. The van der Waals surface area contributed by atoms with E-state index in [4.69, 9.17) is 14.5 Å². The number of pyridine rings is 1. The van der Waals surface area contributed by atoms with Gasteiger partial charge in [-0.3, -0.25) is 9.88 Å². The Hall–Kier alpha value is -2.28. The highest BCUT2D eigenvalue weighted by atomic mass is 32.1. The van der Waals surface area contributed by atoms with Gasteiger partial charge in [0.1, 0.15) is 17.4 Å². The van der Waals surface area contributed by atoms with E-state index in [1.165, 1.54) is 4.88 Å². The monoisotopic (exact) mass is 381 g/mol. The maximum absolute atomic E-state index is 5.89. The summed E-state index contributed by atoms with van der Waals surface area (Å²) in [5.41, 5.74) is 3.03. The lowest BCUT2D eigenvalue weighted by Gasteiger charge is -2.26. The van der Waals surface area contributed by atoms with Crippen LogP contribution in [0.5, 0.6) is 5.75 Å². The average Bonchev–Trinajstić information content (AvgIpc) is 3.12. The van der Waals surface area contributed by atoms with Crippen LogP contribution in [0.3, 0.4) is 0 Å². The molecule has 0 amide bonds. The molecule has 0 bridgehead atoms. The summed E-state index contributed by atoms with van der Waals surface area (Å²) in [6.07, 6.45) is 1.80. The van der Waals surface area contributed by atoms with Gasteiger partial charge >= 0.3 is 0 Å². The van der Waals surface area contributed by atoms with Crippen LogP contribution in [0.1, 0.15) is 4.88 Å². The molecule has 27 heavy (non-hydrogen) atoms. The van der Waals surface area contributed by atoms with Gasteiger partial charge in [-0.1, -0.05) is 6.07 Å². The lowest BCUT2D eigenvalue weighted by Crippen LogP contribution is -2.38. The van der Waals surface area contributed by atoms with Gasteiger partial charge in [0.2, 0.25) is 0 Å². The van der Waals surface area contributed by atoms with E-state index in [-0.39, 0.29) is 0 Å². The largest absolute Gasteiger partial charge is 0.492 e. The van der Waals surface area contributed by atoms with Crippen molar-refractivity contribution < 1.29 is 9.47 Å². The van der Waals surface area contributed by atoms with E-state index >= 15 is 0 Å². The van der Waals surface area contributed by atoms with Gasteiger partial charge in [0.15, 0.2) is 0 Å². The van der Waals surface area contributed by atoms with Crippen molar-refractivity contribution in [3.63, 3.8) is 0 Å². The number of morpholine rings is 1. The van der Waals surface area contributed by atoms with Crippen LogP contribution < -0.4 is 4.74 Å². The molecule has 0 N–H and O–H groups in total. The van der Waals surface area contributed by atoms with Crippen LogP contribution in [0.15, 0.2) is 48.7 Å². The summed E-state index contributed by atoms with van der Waals surface area (Å²) in [6.45, 7) is 7.35. The van der Waals surface area contributed by atoms with E-state index in [1.807, 2.05) is 30.3 Å². The molecule has 2 aromatic heterocycles. The summed E-state index contributed by atoms with van der Waals surface area (Å²) in [5.74, 6) is 0.893. The van der Waals surface area contributed by atoms with Crippen LogP contribution in [0.25, 0.3) is 22.0 Å². The minimum absolute atomic E-state index is 0.693. The molecule has 0 atom stereocenters. The third-order valence-electron chi connectivity index (χ3n) is 4.59. The van der Waals surface area contributed by atoms with Gasteiger partial charge in [0.25, 0.3) is 0 Å². The van der Waals surface area contributed by atoms with Crippen molar-refractivity contribution in [2.75, 3.05) is 39.5 Å². The molecular weight excluding hydrogens is 358 g/mol. The Balaban J connectivity index is 1.39. The van der Waals surface area contributed by atoms with Crippen LogP contribution in [-0.4, -0.2) is 54.3 Å². The summed E-state index contributed by atoms with van der Waals surface area (Å²) in [5, 5.41) is 0.953. The molecule has 3 aromatic rings. The lowest BCUT2D eigenvalue weighted by atomic mass is 10.1. The number of aromatic nitrogens is 2. The van der Waals surface area contributed by atoms with Crippen molar-refractivity contribution in [3.8, 4) is 27.7 Å². The number of hydrogen-bond donors (Lipinski definition) is 0. The van der Waals surface area contributed by atoms with Crippen LogP contribution in [0.4, 0.5) is 0 Å². The second kappa shape index (κ2) is 8.61. The fourth-order valence-corrected chi connectivity index (χ4v) is 4.00. The molecule has 3 heterocycles. The fourth-order valence-electron chi connectivity index (χ4n) is 3.09. The Morgan fingerprint density at radius 3 is 2.67 bits per heavy atom. The SMILES string of the molecule is Cc1sc(-c2ccccn2)nc1-c1ccc(OCCN2CCOCC2)cc1. The molecule has 6 heteroatoms. The predicted molar refractivity (Wildman–Crippen MR) is 108 cm³/mol. The van der Waals surface area contributed by atoms with E-state index < -0.39 is 0 Å². The summed E-state index contributed by atoms with van der Waals surface area (Å²) >= 11 is 1.68. The van der Waals surface area contributed by atoms with Crippen molar-refractivity contribution in [1.82, 2.24) is 14.9 Å². The highest BCUT2D eigenvalue weighted by Gasteiger charge is 2.13. The first kappa shape index (κ1) is 18.1. The molecular formula is C21H23N3O2S. The summed E-state index contributed by atoms with van der Waals surface area (Å²) in [7, 11) is 0. The third kappa shape index (κ3) is 4.53. The normalized spacial score (nSPS) is 15.0.